The first-order chi connectivity index (χ1) is 18.7. The van der Waals surface area contributed by atoms with E-state index >= 15 is 0 Å². The smallest absolute Gasteiger partial charge is 0.459 e. The number of H-pyrrole nitrogens is 1. The van der Waals surface area contributed by atoms with Crippen molar-refractivity contribution in [2.75, 3.05) is 18.9 Å². The number of rotatable bonds is 13. The van der Waals surface area contributed by atoms with Crippen LogP contribution in [0.25, 0.3) is 11.2 Å². The lowest BCUT2D eigenvalue weighted by atomic mass is 10.1. The number of hydrogen-bond acceptors (Lipinski definition) is 10. The third-order valence-corrected chi connectivity index (χ3v) is 7.13. The summed E-state index contributed by atoms with van der Waals surface area (Å²) < 4.78 is 37.5. The van der Waals surface area contributed by atoms with Crippen molar-refractivity contribution in [2.45, 2.75) is 32.7 Å². The zero-order valence-electron chi connectivity index (χ0n) is 21.4. The van der Waals surface area contributed by atoms with Crippen LogP contribution in [0.15, 0.2) is 71.8 Å². The standard InChI is InChI=1S/C25H29N6O7P/c1-25(2,23(33)36-15-18-9-5-3-6-10-18)30-39(34,38-19-11-7-4-8-12-19)37-14-13-35-17-31-16-27-20-21(31)28-24(26)29-22(20)32/h3-12,16H,13-15,17H2,1-2H3,(H,30,34)(H3,26,28,29,32). The molecule has 0 saturated carbocycles. The highest BCUT2D eigenvalue weighted by molar-refractivity contribution is 7.52. The molecule has 2 heterocycles. The third kappa shape index (κ3) is 7.52. The zero-order chi connectivity index (χ0) is 27.9. The van der Waals surface area contributed by atoms with Crippen molar-refractivity contribution >= 4 is 30.8 Å². The molecule has 0 amide bonds. The van der Waals surface area contributed by atoms with E-state index in [1.165, 1.54) is 24.7 Å². The number of aromatic amines is 1. The van der Waals surface area contributed by atoms with Gasteiger partial charge in [0, 0.05) is 0 Å². The van der Waals surface area contributed by atoms with Crippen LogP contribution in [0.1, 0.15) is 19.4 Å². The number of hydrogen-bond donors (Lipinski definition) is 3. The number of benzene rings is 2. The first-order valence-corrected chi connectivity index (χ1v) is 13.5. The highest BCUT2D eigenvalue weighted by atomic mass is 31.2. The Balaban J connectivity index is 1.37. The van der Waals surface area contributed by atoms with Gasteiger partial charge in [0.25, 0.3) is 5.56 Å². The molecule has 2 aromatic carbocycles. The van der Waals surface area contributed by atoms with E-state index in [1.807, 2.05) is 30.3 Å². The van der Waals surface area contributed by atoms with E-state index in [2.05, 4.69) is 20.0 Å². The van der Waals surface area contributed by atoms with Gasteiger partial charge in [0.1, 0.15) is 24.6 Å². The van der Waals surface area contributed by atoms with Gasteiger partial charge in [0.2, 0.25) is 5.95 Å². The van der Waals surface area contributed by atoms with Crippen LogP contribution in [0.2, 0.25) is 0 Å². The van der Waals surface area contributed by atoms with E-state index in [-0.39, 0.29) is 49.4 Å². The number of carbonyl (C=O) groups excluding carboxylic acids is 1. The van der Waals surface area contributed by atoms with Gasteiger partial charge in [0.15, 0.2) is 11.2 Å². The minimum Gasteiger partial charge on any atom is -0.459 e. The lowest BCUT2D eigenvalue weighted by Gasteiger charge is -2.29. The second-order valence-electron chi connectivity index (χ2n) is 8.91. The molecule has 0 fully saturated rings. The van der Waals surface area contributed by atoms with Gasteiger partial charge in [-0.3, -0.25) is 23.7 Å². The van der Waals surface area contributed by atoms with Gasteiger partial charge in [-0.2, -0.15) is 10.1 Å². The summed E-state index contributed by atoms with van der Waals surface area (Å²) in [4.78, 5) is 35.2. The molecule has 39 heavy (non-hydrogen) atoms. The fourth-order valence-corrected chi connectivity index (χ4v) is 5.09. The number of aromatic nitrogens is 4. The largest absolute Gasteiger partial charge is 0.459 e. The summed E-state index contributed by atoms with van der Waals surface area (Å²) in [6.45, 7) is 2.90. The average Bonchev–Trinajstić information content (AvgIpc) is 3.30. The number of ether oxygens (including phenoxy) is 2. The Hall–Kier alpha value is -4.03. The second kappa shape index (κ2) is 12.2. The number of para-hydroxylation sites is 1. The van der Waals surface area contributed by atoms with Gasteiger partial charge in [-0.25, -0.2) is 9.55 Å². The van der Waals surface area contributed by atoms with Crippen LogP contribution in [0.5, 0.6) is 5.75 Å². The normalized spacial score (nSPS) is 13.2. The molecule has 13 nitrogen and oxygen atoms in total. The molecule has 14 heteroatoms. The number of imidazole rings is 1. The fraction of sp³-hybridized carbons (Fsp3) is 0.280. The predicted octanol–water partition coefficient (Wildman–Crippen LogP) is 2.99. The summed E-state index contributed by atoms with van der Waals surface area (Å²) in [5.74, 6) is -0.411. The Morgan fingerprint density at radius 2 is 1.79 bits per heavy atom. The molecule has 1 atom stereocenters. The van der Waals surface area contributed by atoms with Gasteiger partial charge in [-0.15, -0.1) is 0 Å². The molecule has 1 unspecified atom stereocenters. The maximum absolute atomic E-state index is 13.7. The van der Waals surface area contributed by atoms with Crippen molar-refractivity contribution in [1.29, 1.82) is 0 Å². The van der Waals surface area contributed by atoms with E-state index in [0.29, 0.717) is 0 Å². The number of fused-ring (bicyclic) bond motifs is 1. The lowest BCUT2D eigenvalue weighted by molar-refractivity contribution is -0.151. The number of anilines is 1. The molecule has 0 aliphatic heterocycles. The number of nitrogens with two attached hydrogens (primary N) is 1. The number of carbonyl (C=O) groups is 1. The van der Waals surface area contributed by atoms with Gasteiger partial charge in [0.05, 0.1) is 19.5 Å². The van der Waals surface area contributed by atoms with E-state index in [0.717, 1.165) is 5.56 Å². The van der Waals surface area contributed by atoms with Gasteiger partial charge in [-0.1, -0.05) is 48.5 Å². The van der Waals surface area contributed by atoms with Crippen LogP contribution in [-0.4, -0.2) is 44.2 Å². The van der Waals surface area contributed by atoms with Crippen molar-refractivity contribution in [3.8, 4) is 5.75 Å². The molecule has 4 N–H and O–H groups in total. The van der Waals surface area contributed by atoms with Crippen molar-refractivity contribution in [3.63, 3.8) is 0 Å². The first kappa shape index (κ1) is 28.0. The molecular weight excluding hydrogens is 527 g/mol. The minimum absolute atomic E-state index is 0.0128. The monoisotopic (exact) mass is 556 g/mol. The van der Waals surface area contributed by atoms with Crippen molar-refractivity contribution < 1.29 is 27.9 Å². The van der Waals surface area contributed by atoms with E-state index in [9.17, 15) is 14.2 Å². The average molecular weight is 557 g/mol. The zero-order valence-corrected chi connectivity index (χ0v) is 22.3. The second-order valence-corrected chi connectivity index (χ2v) is 10.6. The molecule has 0 aliphatic carbocycles. The first-order valence-electron chi connectivity index (χ1n) is 11.9. The van der Waals surface area contributed by atoms with Gasteiger partial charge in [-0.05, 0) is 31.5 Å². The van der Waals surface area contributed by atoms with E-state index < -0.39 is 24.8 Å². The third-order valence-electron chi connectivity index (χ3n) is 5.32. The fourth-order valence-electron chi connectivity index (χ4n) is 3.44. The van der Waals surface area contributed by atoms with Crippen LogP contribution < -0.4 is 20.9 Å². The minimum atomic E-state index is -4.09. The lowest BCUT2D eigenvalue weighted by Crippen LogP contribution is -2.47. The Labute approximate surface area is 223 Å². The van der Waals surface area contributed by atoms with Crippen molar-refractivity contribution in [1.82, 2.24) is 24.6 Å². The Morgan fingerprint density at radius 1 is 1.10 bits per heavy atom. The number of nitrogens with zero attached hydrogens (tertiary/aromatic N) is 3. The Morgan fingerprint density at radius 3 is 2.51 bits per heavy atom. The molecule has 0 radical (unpaired) electrons. The van der Waals surface area contributed by atoms with Crippen LogP contribution >= 0.6 is 7.75 Å². The highest BCUT2D eigenvalue weighted by Gasteiger charge is 2.40. The SMILES string of the molecule is CC(C)(NP(=O)(OCCOCn1cnc2c(=O)[nH]c(N)nc21)Oc1ccccc1)C(=O)OCc1ccccc1. The van der Waals surface area contributed by atoms with Crippen LogP contribution in [0, 0.1) is 0 Å². The maximum atomic E-state index is 13.7. The maximum Gasteiger partial charge on any atom is 0.459 e. The van der Waals surface area contributed by atoms with E-state index in [4.69, 9.17) is 24.3 Å². The van der Waals surface area contributed by atoms with Crippen LogP contribution in [0.4, 0.5) is 5.95 Å². The van der Waals surface area contributed by atoms with Gasteiger partial charge < -0.3 is 19.7 Å². The summed E-state index contributed by atoms with van der Waals surface area (Å²) >= 11 is 0. The molecule has 0 spiro atoms. The molecule has 0 saturated heterocycles. The summed E-state index contributed by atoms with van der Waals surface area (Å²) in [5.41, 5.74) is 4.91. The van der Waals surface area contributed by atoms with Crippen molar-refractivity contribution in [2.24, 2.45) is 0 Å². The molecule has 206 valence electrons. The molecule has 4 rings (SSSR count). The summed E-state index contributed by atoms with van der Waals surface area (Å²) in [7, 11) is -4.09. The topological polar surface area (TPSA) is 173 Å². The van der Waals surface area contributed by atoms with Crippen LogP contribution in [-0.2, 0) is 36.7 Å². The molecular formula is C25H29N6O7P. The quantitative estimate of drug-likeness (QED) is 0.126. The predicted molar refractivity (Wildman–Crippen MR) is 143 cm³/mol. The highest BCUT2D eigenvalue weighted by Crippen LogP contribution is 2.46. The van der Waals surface area contributed by atoms with Crippen LogP contribution in [0.3, 0.4) is 0 Å². The molecule has 0 bridgehead atoms. The molecule has 4 aromatic rings. The summed E-state index contributed by atoms with van der Waals surface area (Å²) in [5, 5.41) is 2.70. The van der Waals surface area contributed by atoms with E-state index in [1.54, 1.807) is 30.3 Å². The Kier molecular flexibility index (Phi) is 8.77. The molecule has 0 aliphatic rings. The summed E-state index contributed by atoms with van der Waals surface area (Å²) in [6.07, 6.45) is 1.39. The number of nitrogens with one attached hydrogen (secondary N) is 2. The summed E-state index contributed by atoms with van der Waals surface area (Å²) in [6, 6.07) is 17.6. The van der Waals surface area contributed by atoms with Gasteiger partial charge >= 0.3 is 13.7 Å². The Bertz CT molecular complexity index is 1510. The molecule has 2 aromatic heterocycles. The number of esters is 1. The van der Waals surface area contributed by atoms with Crippen molar-refractivity contribution in [3.05, 3.63) is 82.9 Å². The number of nitrogen functional groups attached to an aromatic ring is 1.